The summed E-state index contributed by atoms with van der Waals surface area (Å²) in [5.41, 5.74) is 5.01. The van der Waals surface area contributed by atoms with Gasteiger partial charge in [-0.25, -0.2) is 0 Å². The number of amides is 1. The lowest BCUT2D eigenvalue weighted by molar-refractivity contribution is 0.0929. The average molecular weight is 461 g/mol. The number of carbonyl (C=O) groups is 1. The van der Waals surface area contributed by atoms with E-state index in [0.717, 1.165) is 60.5 Å². The normalized spacial score (nSPS) is 16.4. The fraction of sp³-hybridized carbons (Fsp3) is 0.407. The van der Waals surface area contributed by atoms with E-state index in [0.29, 0.717) is 18.8 Å². The van der Waals surface area contributed by atoms with Crippen LogP contribution >= 0.6 is 0 Å². The Labute approximate surface area is 200 Å². The molecule has 7 heteroatoms. The molecule has 0 spiro atoms. The quantitative estimate of drug-likeness (QED) is 0.560. The summed E-state index contributed by atoms with van der Waals surface area (Å²) in [6.45, 7) is 2.98. The lowest BCUT2D eigenvalue weighted by Crippen LogP contribution is -2.35. The second-order valence-corrected chi connectivity index (χ2v) is 9.36. The van der Waals surface area contributed by atoms with Crippen LogP contribution in [-0.4, -0.2) is 45.4 Å². The van der Waals surface area contributed by atoms with Crippen molar-refractivity contribution in [3.05, 3.63) is 76.6 Å². The lowest BCUT2D eigenvalue weighted by Gasteiger charge is -2.28. The van der Waals surface area contributed by atoms with Gasteiger partial charge in [0.15, 0.2) is 5.69 Å². The number of phenols is 1. The predicted octanol–water partition coefficient (Wildman–Crippen LogP) is 3.88. The summed E-state index contributed by atoms with van der Waals surface area (Å²) in [5, 5.41) is 17.7. The molecule has 2 aromatic carbocycles. The van der Waals surface area contributed by atoms with Crippen LogP contribution in [0.3, 0.4) is 0 Å². The monoisotopic (exact) mass is 460 g/mol. The number of nitrogens with zero attached hydrogens (tertiary/aromatic N) is 3. The Morgan fingerprint density at radius 2 is 1.74 bits per heavy atom. The molecule has 0 bridgehead atoms. The third kappa shape index (κ3) is 4.94. The van der Waals surface area contributed by atoms with Gasteiger partial charge in [0.25, 0.3) is 5.91 Å². The summed E-state index contributed by atoms with van der Waals surface area (Å²) in [6, 6.07) is 15.6. The molecule has 1 aromatic heterocycles. The van der Waals surface area contributed by atoms with Crippen LogP contribution < -0.4 is 10.1 Å². The minimum Gasteiger partial charge on any atom is -0.508 e. The maximum absolute atomic E-state index is 13.3. The molecule has 0 saturated heterocycles. The van der Waals surface area contributed by atoms with Gasteiger partial charge in [0.05, 0.1) is 13.7 Å². The second kappa shape index (κ2) is 9.89. The number of phenolic OH excluding ortho intramolecular Hbond substituents is 1. The van der Waals surface area contributed by atoms with Crippen molar-refractivity contribution in [1.82, 2.24) is 20.0 Å². The number of nitrogens with one attached hydrogen (secondary N) is 1. The van der Waals surface area contributed by atoms with Crippen LogP contribution in [0.4, 0.5) is 0 Å². The molecule has 178 valence electrons. The van der Waals surface area contributed by atoms with Gasteiger partial charge in [0, 0.05) is 43.4 Å². The van der Waals surface area contributed by atoms with E-state index in [1.54, 1.807) is 19.2 Å². The highest BCUT2D eigenvalue weighted by Gasteiger charge is 2.29. The van der Waals surface area contributed by atoms with Crippen molar-refractivity contribution in [1.29, 1.82) is 0 Å². The molecule has 1 aliphatic heterocycles. The standard InChI is InChI=1S/C27H32N4O3/c1-34-23-12-8-20(9-13-23)17-31-25-14-15-30(16-19-6-10-22(32)11-7-19)18-24(25)26(29-31)27(33)28-21-4-2-3-5-21/h6-13,21,32H,2-5,14-18H2,1H3,(H,28,33). The number of ether oxygens (including phenoxy) is 1. The Balaban J connectivity index is 1.40. The maximum atomic E-state index is 13.3. The Morgan fingerprint density at radius 3 is 2.44 bits per heavy atom. The number of aromatic hydroxyl groups is 1. The third-order valence-corrected chi connectivity index (χ3v) is 6.95. The highest BCUT2D eigenvalue weighted by Crippen LogP contribution is 2.26. The van der Waals surface area contributed by atoms with E-state index in [4.69, 9.17) is 9.84 Å². The maximum Gasteiger partial charge on any atom is 0.272 e. The van der Waals surface area contributed by atoms with Gasteiger partial charge < -0.3 is 15.2 Å². The molecule has 1 saturated carbocycles. The van der Waals surface area contributed by atoms with Gasteiger partial charge in [-0.2, -0.15) is 5.10 Å². The number of carbonyl (C=O) groups excluding carboxylic acids is 1. The van der Waals surface area contributed by atoms with Gasteiger partial charge in [-0.15, -0.1) is 0 Å². The van der Waals surface area contributed by atoms with E-state index in [2.05, 4.69) is 10.2 Å². The molecule has 1 fully saturated rings. The van der Waals surface area contributed by atoms with Crippen molar-refractivity contribution in [2.75, 3.05) is 13.7 Å². The van der Waals surface area contributed by atoms with E-state index in [-0.39, 0.29) is 17.7 Å². The molecule has 34 heavy (non-hydrogen) atoms. The zero-order valence-corrected chi connectivity index (χ0v) is 19.7. The summed E-state index contributed by atoms with van der Waals surface area (Å²) in [4.78, 5) is 15.6. The van der Waals surface area contributed by atoms with Gasteiger partial charge in [-0.1, -0.05) is 37.1 Å². The number of aromatic nitrogens is 2. The lowest BCUT2D eigenvalue weighted by atomic mass is 10.0. The minimum atomic E-state index is -0.0527. The molecular formula is C27H32N4O3. The van der Waals surface area contributed by atoms with E-state index < -0.39 is 0 Å². The van der Waals surface area contributed by atoms with Gasteiger partial charge in [0.1, 0.15) is 11.5 Å². The van der Waals surface area contributed by atoms with Crippen LogP contribution in [0.2, 0.25) is 0 Å². The molecule has 1 amide bonds. The summed E-state index contributed by atoms with van der Waals surface area (Å²) in [7, 11) is 1.66. The minimum absolute atomic E-state index is 0.0527. The number of fused-ring (bicyclic) bond motifs is 1. The smallest absolute Gasteiger partial charge is 0.272 e. The molecule has 2 N–H and O–H groups in total. The molecule has 1 aliphatic carbocycles. The fourth-order valence-electron chi connectivity index (χ4n) is 5.08. The first-order chi connectivity index (χ1) is 16.6. The summed E-state index contributed by atoms with van der Waals surface area (Å²) >= 11 is 0. The number of methoxy groups -OCH3 is 1. The molecule has 2 aliphatic rings. The summed E-state index contributed by atoms with van der Waals surface area (Å²) in [5.74, 6) is 1.05. The van der Waals surface area contributed by atoms with Crippen LogP contribution in [0, 0.1) is 0 Å². The zero-order chi connectivity index (χ0) is 23.5. The van der Waals surface area contributed by atoms with E-state index in [9.17, 15) is 9.90 Å². The first-order valence-electron chi connectivity index (χ1n) is 12.1. The molecule has 2 heterocycles. The van der Waals surface area contributed by atoms with Crippen molar-refractivity contribution in [3.63, 3.8) is 0 Å². The van der Waals surface area contributed by atoms with Gasteiger partial charge >= 0.3 is 0 Å². The van der Waals surface area contributed by atoms with Crippen molar-refractivity contribution < 1.29 is 14.6 Å². The average Bonchev–Trinajstić information content (AvgIpc) is 3.49. The summed E-state index contributed by atoms with van der Waals surface area (Å²) < 4.78 is 7.29. The fourth-order valence-corrected chi connectivity index (χ4v) is 5.08. The third-order valence-electron chi connectivity index (χ3n) is 6.95. The Morgan fingerprint density at radius 1 is 1.06 bits per heavy atom. The molecule has 5 rings (SSSR count). The van der Waals surface area contributed by atoms with Crippen LogP contribution in [0.1, 0.15) is 58.6 Å². The van der Waals surface area contributed by atoms with E-state index in [1.807, 2.05) is 41.1 Å². The van der Waals surface area contributed by atoms with Crippen molar-refractivity contribution in [3.8, 4) is 11.5 Å². The van der Waals surface area contributed by atoms with E-state index in [1.165, 1.54) is 12.8 Å². The second-order valence-electron chi connectivity index (χ2n) is 9.36. The predicted molar refractivity (Wildman–Crippen MR) is 130 cm³/mol. The van der Waals surface area contributed by atoms with Crippen LogP contribution in [0.5, 0.6) is 11.5 Å². The Hall–Kier alpha value is -3.32. The van der Waals surface area contributed by atoms with Crippen LogP contribution in [0.25, 0.3) is 0 Å². The number of hydrogen-bond acceptors (Lipinski definition) is 5. The van der Waals surface area contributed by atoms with Crippen molar-refractivity contribution in [2.24, 2.45) is 0 Å². The number of hydrogen-bond donors (Lipinski definition) is 2. The SMILES string of the molecule is COc1ccc(Cn2nc(C(=O)NC3CCCC3)c3c2CCN(Cc2ccc(O)cc2)C3)cc1. The number of rotatable bonds is 7. The van der Waals surface area contributed by atoms with Crippen LogP contribution in [0.15, 0.2) is 48.5 Å². The molecular weight excluding hydrogens is 428 g/mol. The highest BCUT2D eigenvalue weighted by molar-refractivity contribution is 5.94. The molecule has 7 nitrogen and oxygen atoms in total. The zero-order valence-electron chi connectivity index (χ0n) is 19.7. The molecule has 0 atom stereocenters. The topological polar surface area (TPSA) is 79.6 Å². The van der Waals surface area contributed by atoms with Crippen molar-refractivity contribution in [2.45, 2.75) is 57.8 Å². The highest BCUT2D eigenvalue weighted by atomic mass is 16.5. The molecule has 0 radical (unpaired) electrons. The molecule has 0 unspecified atom stereocenters. The van der Waals surface area contributed by atoms with Gasteiger partial charge in [0.2, 0.25) is 0 Å². The number of benzene rings is 2. The van der Waals surface area contributed by atoms with Crippen molar-refractivity contribution >= 4 is 5.91 Å². The largest absolute Gasteiger partial charge is 0.508 e. The van der Waals surface area contributed by atoms with Gasteiger partial charge in [-0.05, 0) is 48.2 Å². The van der Waals surface area contributed by atoms with Gasteiger partial charge in [-0.3, -0.25) is 14.4 Å². The van der Waals surface area contributed by atoms with E-state index >= 15 is 0 Å². The van der Waals surface area contributed by atoms with Crippen LogP contribution in [-0.2, 0) is 26.1 Å². The first kappa shape index (κ1) is 22.5. The Bertz CT molecular complexity index is 1130. The molecule has 3 aromatic rings. The summed E-state index contributed by atoms with van der Waals surface area (Å²) in [6.07, 6.45) is 5.29. The Kier molecular flexibility index (Phi) is 6.54. The first-order valence-corrected chi connectivity index (χ1v) is 12.1.